The largest absolute Gasteiger partial charge is 0.492 e. The van der Waals surface area contributed by atoms with Crippen LogP contribution < -0.4 is 15.4 Å². The number of aliphatic hydroxyl groups is 1. The number of furan rings is 1. The molecule has 1 aromatic carbocycles. The Morgan fingerprint density at radius 3 is 2.70 bits per heavy atom. The van der Waals surface area contributed by atoms with Crippen LogP contribution in [-0.4, -0.2) is 37.3 Å². The summed E-state index contributed by atoms with van der Waals surface area (Å²) in [4.78, 5) is 4.40. The van der Waals surface area contributed by atoms with Crippen LogP contribution in [0, 0.1) is 12.7 Å². The fourth-order valence-corrected chi connectivity index (χ4v) is 2.27. The number of hydrogen-bond donors (Lipinski definition) is 3. The maximum atomic E-state index is 13.1. The first kappa shape index (κ1) is 23.2. The van der Waals surface area contributed by atoms with E-state index in [0.29, 0.717) is 37.2 Å². The van der Waals surface area contributed by atoms with Crippen molar-refractivity contribution in [3.8, 4) is 5.75 Å². The molecule has 6 nitrogen and oxygen atoms in total. The smallest absolute Gasteiger partial charge is 0.191 e. The standard InChI is InChI=1S/C19H26FN3O3.HI/c1-4-21-18(22-10-11-25-16-7-5-6-15(20)12-16)23-13-19(3,24)17-9-8-14(2)26-17;/h5-9,12,24H,4,10-11,13H2,1-3H3,(H2,21,22,23);1H. The molecule has 1 atom stereocenters. The van der Waals surface area contributed by atoms with Gasteiger partial charge in [-0.2, -0.15) is 0 Å². The van der Waals surface area contributed by atoms with Gasteiger partial charge >= 0.3 is 0 Å². The highest BCUT2D eigenvalue weighted by Gasteiger charge is 2.26. The third kappa shape index (κ3) is 7.76. The average Bonchev–Trinajstić information content (AvgIpc) is 3.04. The van der Waals surface area contributed by atoms with Crippen molar-refractivity contribution in [2.75, 3.05) is 26.2 Å². The summed E-state index contributed by atoms with van der Waals surface area (Å²) in [6, 6.07) is 9.56. The Kier molecular flexibility index (Phi) is 9.57. The lowest BCUT2D eigenvalue weighted by molar-refractivity contribution is 0.0428. The Balaban J connectivity index is 0.00000364. The predicted molar refractivity (Wildman–Crippen MR) is 114 cm³/mol. The maximum Gasteiger partial charge on any atom is 0.191 e. The van der Waals surface area contributed by atoms with Crippen LogP contribution in [0.4, 0.5) is 4.39 Å². The molecule has 0 amide bonds. The minimum atomic E-state index is -1.20. The number of halogens is 2. The lowest BCUT2D eigenvalue weighted by Gasteiger charge is -2.19. The number of nitrogens with zero attached hydrogens (tertiary/aromatic N) is 1. The van der Waals surface area contributed by atoms with Crippen LogP contribution in [0.2, 0.25) is 0 Å². The Bertz CT molecular complexity index is 734. The monoisotopic (exact) mass is 491 g/mol. The van der Waals surface area contributed by atoms with Gasteiger partial charge < -0.3 is 24.9 Å². The number of aryl methyl sites for hydroxylation is 1. The van der Waals surface area contributed by atoms with Crippen LogP contribution in [0.1, 0.15) is 25.4 Å². The van der Waals surface area contributed by atoms with Crippen LogP contribution >= 0.6 is 24.0 Å². The van der Waals surface area contributed by atoms with Crippen molar-refractivity contribution in [3.63, 3.8) is 0 Å². The fraction of sp³-hybridized carbons (Fsp3) is 0.421. The number of guanidine groups is 1. The molecule has 0 spiro atoms. The van der Waals surface area contributed by atoms with Gasteiger partial charge in [0.15, 0.2) is 5.96 Å². The highest BCUT2D eigenvalue weighted by atomic mass is 127. The molecule has 0 saturated carbocycles. The first-order chi connectivity index (χ1) is 12.4. The third-order valence-corrected chi connectivity index (χ3v) is 3.62. The summed E-state index contributed by atoms with van der Waals surface area (Å²) in [6.07, 6.45) is 0. The zero-order valence-electron chi connectivity index (χ0n) is 15.8. The summed E-state index contributed by atoms with van der Waals surface area (Å²) in [5.41, 5.74) is -1.20. The lowest BCUT2D eigenvalue weighted by Crippen LogP contribution is -2.40. The van der Waals surface area contributed by atoms with Gasteiger partial charge in [0, 0.05) is 12.6 Å². The molecule has 1 aromatic heterocycles. The van der Waals surface area contributed by atoms with Crippen molar-refractivity contribution in [3.05, 3.63) is 53.7 Å². The number of aliphatic imine (C=N–C) groups is 1. The number of nitrogens with one attached hydrogen (secondary N) is 2. The van der Waals surface area contributed by atoms with Crippen molar-refractivity contribution in [1.82, 2.24) is 10.6 Å². The third-order valence-electron chi connectivity index (χ3n) is 3.62. The molecule has 0 saturated heterocycles. The zero-order chi connectivity index (χ0) is 19.0. The Morgan fingerprint density at radius 1 is 1.30 bits per heavy atom. The second-order valence-corrected chi connectivity index (χ2v) is 6.11. The molecule has 8 heteroatoms. The van der Waals surface area contributed by atoms with Crippen LogP contribution in [0.5, 0.6) is 5.75 Å². The Labute approximate surface area is 176 Å². The van der Waals surface area contributed by atoms with Crippen LogP contribution in [0.3, 0.4) is 0 Å². The van der Waals surface area contributed by atoms with Crippen molar-refractivity contribution >= 4 is 29.9 Å². The predicted octanol–water partition coefficient (Wildman–Crippen LogP) is 3.19. The molecule has 0 bridgehead atoms. The molecule has 2 aromatic rings. The Morgan fingerprint density at radius 2 is 2.07 bits per heavy atom. The molecule has 27 heavy (non-hydrogen) atoms. The van der Waals surface area contributed by atoms with Crippen LogP contribution in [-0.2, 0) is 5.60 Å². The molecule has 3 N–H and O–H groups in total. The van der Waals surface area contributed by atoms with E-state index < -0.39 is 5.60 Å². The van der Waals surface area contributed by atoms with Crippen molar-refractivity contribution < 1.29 is 18.7 Å². The van der Waals surface area contributed by atoms with E-state index in [0.717, 1.165) is 5.76 Å². The first-order valence-corrected chi connectivity index (χ1v) is 8.60. The van der Waals surface area contributed by atoms with E-state index >= 15 is 0 Å². The van der Waals surface area contributed by atoms with Crippen LogP contribution in [0.15, 0.2) is 45.8 Å². The SMILES string of the molecule is CCNC(=NCC(C)(O)c1ccc(C)o1)NCCOc1cccc(F)c1.I. The van der Waals surface area contributed by atoms with Gasteiger partial charge in [0.05, 0.1) is 13.1 Å². The van der Waals surface area contributed by atoms with E-state index in [2.05, 4.69) is 15.6 Å². The van der Waals surface area contributed by atoms with Gasteiger partial charge in [-0.05, 0) is 45.0 Å². The van der Waals surface area contributed by atoms with E-state index in [1.807, 2.05) is 13.8 Å². The molecule has 2 rings (SSSR count). The van der Waals surface area contributed by atoms with E-state index in [1.165, 1.54) is 12.1 Å². The topological polar surface area (TPSA) is 79.0 Å². The highest BCUT2D eigenvalue weighted by molar-refractivity contribution is 14.0. The number of ether oxygens (including phenoxy) is 1. The van der Waals surface area contributed by atoms with Gasteiger partial charge in [-0.3, -0.25) is 0 Å². The molecular weight excluding hydrogens is 464 g/mol. The summed E-state index contributed by atoms with van der Waals surface area (Å²) in [5.74, 6) is 1.91. The summed E-state index contributed by atoms with van der Waals surface area (Å²) in [7, 11) is 0. The lowest BCUT2D eigenvalue weighted by atomic mass is 10.0. The molecule has 0 aliphatic rings. The van der Waals surface area contributed by atoms with E-state index in [1.54, 1.807) is 31.2 Å². The number of rotatable bonds is 8. The van der Waals surface area contributed by atoms with Crippen molar-refractivity contribution in [2.24, 2.45) is 4.99 Å². The van der Waals surface area contributed by atoms with Gasteiger partial charge in [0.2, 0.25) is 0 Å². The van der Waals surface area contributed by atoms with E-state index in [4.69, 9.17) is 9.15 Å². The average molecular weight is 491 g/mol. The minimum Gasteiger partial charge on any atom is -0.492 e. The first-order valence-electron chi connectivity index (χ1n) is 8.60. The maximum absolute atomic E-state index is 13.1. The van der Waals surface area contributed by atoms with E-state index in [9.17, 15) is 9.50 Å². The molecule has 0 aliphatic carbocycles. The molecule has 150 valence electrons. The normalized spacial score (nSPS) is 13.4. The summed E-state index contributed by atoms with van der Waals surface area (Å²) in [5, 5.41) is 16.8. The fourth-order valence-electron chi connectivity index (χ4n) is 2.27. The second-order valence-electron chi connectivity index (χ2n) is 6.11. The summed E-state index contributed by atoms with van der Waals surface area (Å²) < 4.78 is 24.1. The highest BCUT2D eigenvalue weighted by Crippen LogP contribution is 2.23. The van der Waals surface area contributed by atoms with Gasteiger partial charge in [-0.15, -0.1) is 24.0 Å². The molecular formula is C19H27FIN3O3. The zero-order valence-corrected chi connectivity index (χ0v) is 18.1. The van der Waals surface area contributed by atoms with Gasteiger partial charge in [-0.25, -0.2) is 9.38 Å². The van der Waals surface area contributed by atoms with Crippen LogP contribution in [0.25, 0.3) is 0 Å². The van der Waals surface area contributed by atoms with Gasteiger partial charge in [-0.1, -0.05) is 6.07 Å². The van der Waals surface area contributed by atoms with E-state index in [-0.39, 0.29) is 36.3 Å². The Hall–Kier alpha value is -1.81. The number of benzene rings is 1. The summed E-state index contributed by atoms with van der Waals surface area (Å²) in [6.45, 7) is 7.08. The summed E-state index contributed by atoms with van der Waals surface area (Å²) >= 11 is 0. The molecule has 0 radical (unpaired) electrons. The van der Waals surface area contributed by atoms with Crippen molar-refractivity contribution in [1.29, 1.82) is 0 Å². The number of hydrogen-bond acceptors (Lipinski definition) is 4. The van der Waals surface area contributed by atoms with Gasteiger partial charge in [0.1, 0.15) is 35.3 Å². The van der Waals surface area contributed by atoms with Crippen molar-refractivity contribution in [2.45, 2.75) is 26.4 Å². The minimum absolute atomic E-state index is 0. The van der Waals surface area contributed by atoms with Gasteiger partial charge in [0.25, 0.3) is 0 Å². The molecule has 1 unspecified atom stereocenters. The molecule has 0 fully saturated rings. The second kappa shape index (κ2) is 11.1. The molecule has 1 heterocycles. The quantitative estimate of drug-likeness (QED) is 0.229. The molecule has 0 aliphatic heterocycles.